The van der Waals surface area contributed by atoms with Gasteiger partial charge in [-0.1, -0.05) is 44.4 Å². The number of benzene rings is 2. The van der Waals surface area contributed by atoms with E-state index in [2.05, 4.69) is 16.7 Å². The van der Waals surface area contributed by atoms with E-state index in [0.29, 0.717) is 11.8 Å². The van der Waals surface area contributed by atoms with Crippen LogP contribution >= 0.6 is 34.0 Å². The Balaban J connectivity index is 0.00000324. The molecule has 0 spiro atoms. The van der Waals surface area contributed by atoms with Crippen molar-refractivity contribution in [2.75, 3.05) is 32.7 Å². The summed E-state index contributed by atoms with van der Waals surface area (Å²) in [4.78, 5) is 5.23. The lowest BCUT2D eigenvalue weighted by atomic mass is 10.0. The fraction of sp³-hybridized carbons (Fsp3) is 0.586. The lowest BCUT2D eigenvalue weighted by Crippen LogP contribution is -2.32. The van der Waals surface area contributed by atoms with Gasteiger partial charge in [-0.3, -0.25) is 0 Å². The van der Waals surface area contributed by atoms with Crippen molar-refractivity contribution in [3.05, 3.63) is 53.6 Å². The molecule has 0 aliphatic carbocycles. The molecule has 2 aromatic rings. The molecule has 0 radical (unpaired) electrons. The van der Waals surface area contributed by atoms with Gasteiger partial charge >= 0.3 is 0 Å². The molecule has 0 bridgehead atoms. The Kier molecular flexibility index (Phi) is 16.4. The monoisotopic (exact) mass is 628 g/mol. The van der Waals surface area contributed by atoms with Gasteiger partial charge < -0.3 is 25.1 Å². The highest BCUT2D eigenvalue weighted by molar-refractivity contribution is 8.93. The maximum Gasteiger partial charge on any atom is 0.157 e. The molecular weight excluding hydrogens is 584 g/mol. The number of phenolic OH excluding ortho intramolecular Hbond substituents is 3. The van der Waals surface area contributed by atoms with Gasteiger partial charge in [0.1, 0.15) is 5.75 Å². The Morgan fingerprint density at radius 1 is 0.806 bits per heavy atom. The van der Waals surface area contributed by atoms with Crippen LogP contribution in [0.15, 0.2) is 42.5 Å². The summed E-state index contributed by atoms with van der Waals surface area (Å²) in [5, 5.41) is 28.8. The zero-order valence-electron chi connectivity index (χ0n) is 21.8. The molecule has 7 heteroatoms. The standard InChI is InChI=1S/C29H44N2O3.2BrH/c1-2-3-17-30(21-16-24-10-13-27(32)14-11-24)18-6-4-5-7-19-31-20-8-9-26(31)22-25-12-15-28(33)29(34)23-25;;/h10-15,23,26,32-34H,2-9,16-22H2,1H3;2*1H/t26-;;/m1../s1. The maximum absolute atomic E-state index is 9.78. The van der Waals surface area contributed by atoms with Crippen LogP contribution in [0.5, 0.6) is 17.2 Å². The van der Waals surface area contributed by atoms with Crippen LogP contribution in [0.4, 0.5) is 0 Å². The predicted molar refractivity (Wildman–Crippen MR) is 160 cm³/mol. The Morgan fingerprint density at radius 2 is 1.50 bits per heavy atom. The van der Waals surface area contributed by atoms with Gasteiger partial charge in [0.05, 0.1) is 0 Å². The van der Waals surface area contributed by atoms with Crippen LogP contribution < -0.4 is 0 Å². The van der Waals surface area contributed by atoms with Crippen LogP contribution in [0.1, 0.15) is 69.4 Å². The molecule has 1 aliphatic rings. The van der Waals surface area contributed by atoms with Crippen molar-refractivity contribution in [2.24, 2.45) is 0 Å². The van der Waals surface area contributed by atoms with Gasteiger partial charge in [0.25, 0.3) is 0 Å². The fourth-order valence-corrected chi connectivity index (χ4v) is 5.06. The van der Waals surface area contributed by atoms with Crippen LogP contribution in [0.3, 0.4) is 0 Å². The molecule has 0 saturated carbocycles. The number of rotatable bonds is 15. The Labute approximate surface area is 239 Å². The topological polar surface area (TPSA) is 67.2 Å². The summed E-state index contributed by atoms with van der Waals surface area (Å²) in [5.74, 6) is 0.283. The zero-order valence-corrected chi connectivity index (χ0v) is 25.2. The summed E-state index contributed by atoms with van der Waals surface area (Å²) in [6.45, 7) is 8.04. The van der Waals surface area contributed by atoms with E-state index in [1.807, 2.05) is 18.2 Å². The minimum atomic E-state index is -0.0411. The lowest BCUT2D eigenvalue weighted by Gasteiger charge is -2.25. The van der Waals surface area contributed by atoms with E-state index in [4.69, 9.17) is 0 Å². The third kappa shape index (κ3) is 11.4. The molecule has 0 amide bonds. The fourth-order valence-electron chi connectivity index (χ4n) is 5.06. The highest BCUT2D eigenvalue weighted by Gasteiger charge is 2.24. The van der Waals surface area contributed by atoms with Crippen molar-refractivity contribution in [3.63, 3.8) is 0 Å². The number of hydrogen-bond acceptors (Lipinski definition) is 5. The third-order valence-electron chi connectivity index (χ3n) is 7.16. The van der Waals surface area contributed by atoms with Gasteiger partial charge in [0, 0.05) is 12.6 Å². The summed E-state index contributed by atoms with van der Waals surface area (Å²) in [7, 11) is 0. The van der Waals surface area contributed by atoms with E-state index in [-0.39, 0.29) is 45.5 Å². The molecule has 1 heterocycles. The number of likely N-dealkylation sites (tertiary alicyclic amines) is 1. The van der Waals surface area contributed by atoms with Crippen LogP contribution in [0.25, 0.3) is 0 Å². The Bertz CT molecular complexity index is 851. The van der Waals surface area contributed by atoms with Gasteiger partial charge in [-0.15, -0.1) is 34.0 Å². The molecule has 1 aliphatic heterocycles. The second-order valence-electron chi connectivity index (χ2n) is 9.89. The number of hydrogen-bond donors (Lipinski definition) is 3. The average molecular weight is 631 g/mol. The number of phenols is 3. The quantitative estimate of drug-likeness (QED) is 0.148. The highest BCUT2D eigenvalue weighted by atomic mass is 79.9. The molecule has 5 nitrogen and oxygen atoms in total. The second-order valence-corrected chi connectivity index (χ2v) is 9.89. The number of nitrogens with zero attached hydrogens (tertiary/aromatic N) is 2. The molecule has 204 valence electrons. The molecule has 3 rings (SSSR count). The first kappa shape index (κ1) is 32.7. The third-order valence-corrected chi connectivity index (χ3v) is 7.16. The first-order valence-corrected chi connectivity index (χ1v) is 13.3. The normalized spacial score (nSPS) is 15.6. The van der Waals surface area contributed by atoms with E-state index in [1.54, 1.807) is 24.3 Å². The van der Waals surface area contributed by atoms with Gasteiger partial charge in [0.15, 0.2) is 11.5 Å². The minimum Gasteiger partial charge on any atom is -0.508 e. The van der Waals surface area contributed by atoms with Crippen LogP contribution in [0, 0.1) is 0 Å². The Morgan fingerprint density at radius 3 is 2.22 bits per heavy atom. The van der Waals surface area contributed by atoms with Crippen molar-refractivity contribution >= 4 is 34.0 Å². The second kappa shape index (κ2) is 18.1. The van der Waals surface area contributed by atoms with Gasteiger partial charge in [-0.25, -0.2) is 0 Å². The first-order chi connectivity index (χ1) is 16.5. The van der Waals surface area contributed by atoms with Crippen molar-refractivity contribution in [1.29, 1.82) is 0 Å². The van der Waals surface area contributed by atoms with Crippen molar-refractivity contribution in [3.8, 4) is 17.2 Å². The summed E-state index contributed by atoms with van der Waals surface area (Å²) in [6, 6.07) is 13.4. The summed E-state index contributed by atoms with van der Waals surface area (Å²) in [6.07, 6.45) is 12.0. The largest absolute Gasteiger partial charge is 0.508 e. The molecule has 2 aromatic carbocycles. The summed E-state index contributed by atoms with van der Waals surface area (Å²) < 4.78 is 0. The maximum atomic E-state index is 9.78. The van der Waals surface area contributed by atoms with E-state index >= 15 is 0 Å². The molecular formula is C29H46Br2N2O3. The van der Waals surface area contributed by atoms with Crippen molar-refractivity contribution in [2.45, 2.75) is 77.2 Å². The lowest BCUT2D eigenvalue weighted by molar-refractivity contribution is 0.242. The van der Waals surface area contributed by atoms with Gasteiger partial charge in [0.2, 0.25) is 0 Å². The highest BCUT2D eigenvalue weighted by Crippen LogP contribution is 2.28. The number of aromatic hydroxyl groups is 3. The van der Waals surface area contributed by atoms with Crippen molar-refractivity contribution < 1.29 is 15.3 Å². The molecule has 3 N–H and O–H groups in total. The average Bonchev–Trinajstić information content (AvgIpc) is 3.27. The van der Waals surface area contributed by atoms with Gasteiger partial charge in [-0.2, -0.15) is 0 Å². The van der Waals surface area contributed by atoms with Crippen LogP contribution in [0.2, 0.25) is 0 Å². The molecule has 1 fully saturated rings. The molecule has 0 aromatic heterocycles. The number of halogens is 2. The first-order valence-electron chi connectivity index (χ1n) is 13.3. The summed E-state index contributed by atoms with van der Waals surface area (Å²) >= 11 is 0. The smallest absolute Gasteiger partial charge is 0.157 e. The van der Waals surface area contributed by atoms with Gasteiger partial charge in [-0.05, 0) is 107 Å². The van der Waals surface area contributed by atoms with Crippen LogP contribution in [-0.4, -0.2) is 63.9 Å². The minimum absolute atomic E-state index is 0. The molecule has 36 heavy (non-hydrogen) atoms. The predicted octanol–water partition coefficient (Wildman–Crippen LogP) is 6.87. The number of unbranched alkanes of at least 4 members (excludes halogenated alkanes) is 4. The summed E-state index contributed by atoms with van der Waals surface area (Å²) in [5.41, 5.74) is 2.40. The molecule has 1 atom stereocenters. The molecule has 1 saturated heterocycles. The SMILES string of the molecule is Br.Br.CCCCN(CCCCCCN1CCC[C@@H]1Cc1ccc(O)c(O)c1)CCc1ccc(O)cc1. The van der Waals surface area contributed by atoms with E-state index in [9.17, 15) is 15.3 Å². The van der Waals surface area contributed by atoms with Crippen molar-refractivity contribution in [1.82, 2.24) is 9.80 Å². The Hall–Kier alpha value is -1.28. The van der Waals surface area contributed by atoms with E-state index in [1.165, 1.54) is 76.6 Å². The van der Waals surface area contributed by atoms with Crippen LogP contribution in [-0.2, 0) is 12.8 Å². The zero-order chi connectivity index (χ0) is 24.2. The van der Waals surface area contributed by atoms with E-state index in [0.717, 1.165) is 31.5 Å². The molecule has 0 unspecified atom stereocenters. The van der Waals surface area contributed by atoms with E-state index < -0.39 is 0 Å².